The van der Waals surface area contributed by atoms with Gasteiger partial charge in [0.15, 0.2) is 0 Å². The Morgan fingerprint density at radius 1 is 0.818 bits per heavy atom. The second-order valence-corrected chi connectivity index (χ2v) is 12.4. The Morgan fingerprint density at radius 2 is 1.30 bits per heavy atom. The van der Waals surface area contributed by atoms with Gasteiger partial charge in [0.1, 0.15) is 17.4 Å². The van der Waals surface area contributed by atoms with Gasteiger partial charge in [0, 0.05) is 5.56 Å². The summed E-state index contributed by atoms with van der Waals surface area (Å²) >= 11 is 0. The van der Waals surface area contributed by atoms with Crippen LogP contribution in [0.2, 0.25) is 0 Å². The molecule has 4 nitrogen and oxygen atoms in total. The molecule has 3 rings (SSSR count). The van der Waals surface area contributed by atoms with Gasteiger partial charge in [-0.1, -0.05) is 59.7 Å². The Hall–Kier alpha value is -2.62. The van der Waals surface area contributed by atoms with Crippen LogP contribution in [-0.2, 0) is 20.4 Å². The zero-order valence-electron chi connectivity index (χ0n) is 22.0. The topological polar surface area (TPSA) is 52.6 Å². The highest BCUT2D eigenvalue weighted by atomic mass is 16.5. The van der Waals surface area contributed by atoms with Crippen molar-refractivity contribution in [3.8, 4) is 11.5 Å². The molecular formula is C29H38O4. The fraction of sp³-hybridized carbons (Fsp3) is 0.517. The van der Waals surface area contributed by atoms with Crippen LogP contribution in [0.1, 0.15) is 102 Å². The van der Waals surface area contributed by atoms with Gasteiger partial charge in [0.25, 0.3) is 0 Å². The van der Waals surface area contributed by atoms with Crippen LogP contribution in [0.15, 0.2) is 24.3 Å². The average molecular weight is 451 g/mol. The molecule has 1 aliphatic heterocycles. The van der Waals surface area contributed by atoms with Gasteiger partial charge in [-0.15, -0.1) is 0 Å². The molecule has 0 aromatic heterocycles. The Balaban J connectivity index is 2.12. The maximum Gasteiger partial charge on any atom is 0.323 e. The number of carbonyl (C=O) groups excluding carboxylic acids is 2. The molecule has 0 saturated heterocycles. The highest BCUT2D eigenvalue weighted by Crippen LogP contribution is 2.46. The van der Waals surface area contributed by atoms with E-state index in [2.05, 4.69) is 47.6 Å². The van der Waals surface area contributed by atoms with Crippen molar-refractivity contribution in [2.45, 2.75) is 92.9 Å². The summed E-state index contributed by atoms with van der Waals surface area (Å²) < 4.78 is 11.5. The van der Waals surface area contributed by atoms with Crippen molar-refractivity contribution >= 4 is 11.9 Å². The molecule has 33 heavy (non-hydrogen) atoms. The summed E-state index contributed by atoms with van der Waals surface area (Å²) in [5.74, 6) is 0.149. The van der Waals surface area contributed by atoms with Gasteiger partial charge < -0.3 is 9.47 Å². The largest absolute Gasteiger partial charge is 0.426 e. The van der Waals surface area contributed by atoms with Crippen molar-refractivity contribution in [2.75, 3.05) is 0 Å². The molecule has 0 N–H and O–H groups in total. The normalized spacial score (nSPS) is 16.5. The monoisotopic (exact) mass is 450 g/mol. The lowest BCUT2D eigenvalue weighted by Gasteiger charge is -2.31. The predicted molar refractivity (Wildman–Crippen MR) is 132 cm³/mol. The standard InChI is InChI=1S/C29H38O4/c1-16-12-18(13-17(2)24(16)33-26(31)29(9,10)11)23-19-14-20(27(3,4)5)21(28(6,7)8)15-22(19)32-25(23)30/h12-15,23H,1-11H3. The molecule has 2 aromatic rings. The first-order valence-electron chi connectivity index (χ1n) is 11.7. The third kappa shape index (κ3) is 4.85. The van der Waals surface area contributed by atoms with E-state index in [1.807, 2.05) is 52.8 Å². The molecule has 1 heterocycles. The van der Waals surface area contributed by atoms with Gasteiger partial charge in [0.05, 0.1) is 5.41 Å². The van der Waals surface area contributed by atoms with E-state index in [0.29, 0.717) is 11.5 Å². The van der Waals surface area contributed by atoms with Crippen molar-refractivity contribution in [3.05, 3.63) is 57.6 Å². The first-order valence-corrected chi connectivity index (χ1v) is 11.7. The summed E-state index contributed by atoms with van der Waals surface area (Å²) in [6.07, 6.45) is 0. The molecule has 1 unspecified atom stereocenters. The van der Waals surface area contributed by atoms with Crippen LogP contribution in [0.25, 0.3) is 0 Å². The Morgan fingerprint density at radius 3 is 1.76 bits per heavy atom. The van der Waals surface area contributed by atoms with Gasteiger partial charge >= 0.3 is 11.9 Å². The third-order valence-corrected chi connectivity index (χ3v) is 6.15. The fourth-order valence-corrected chi connectivity index (χ4v) is 4.32. The fourth-order valence-electron chi connectivity index (χ4n) is 4.32. The van der Waals surface area contributed by atoms with Crippen LogP contribution in [0.3, 0.4) is 0 Å². The number of esters is 2. The van der Waals surface area contributed by atoms with E-state index in [-0.39, 0.29) is 22.8 Å². The molecule has 178 valence electrons. The first kappa shape index (κ1) is 25.0. The van der Waals surface area contributed by atoms with Gasteiger partial charge in [-0.05, 0) is 79.3 Å². The maximum absolute atomic E-state index is 13.1. The number of aryl methyl sites for hydroxylation is 2. The van der Waals surface area contributed by atoms with E-state index in [4.69, 9.17) is 9.47 Å². The quantitative estimate of drug-likeness (QED) is 0.369. The Kier molecular flexibility index (Phi) is 6.06. The number of carbonyl (C=O) groups is 2. The van der Waals surface area contributed by atoms with Gasteiger partial charge in [-0.2, -0.15) is 0 Å². The smallest absolute Gasteiger partial charge is 0.323 e. The molecule has 0 bridgehead atoms. The van der Waals surface area contributed by atoms with Gasteiger partial charge in [-0.25, -0.2) is 0 Å². The lowest BCUT2D eigenvalue weighted by molar-refractivity contribution is -0.143. The van der Waals surface area contributed by atoms with E-state index in [1.165, 1.54) is 11.1 Å². The summed E-state index contributed by atoms with van der Waals surface area (Å²) in [5.41, 5.74) is 5.07. The number of ether oxygens (including phenoxy) is 2. The van der Waals surface area contributed by atoms with Crippen molar-refractivity contribution in [1.82, 2.24) is 0 Å². The van der Waals surface area contributed by atoms with Crippen LogP contribution < -0.4 is 9.47 Å². The molecule has 0 saturated carbocycles. The second kappa shape index (κ2) is 8.00. The highest BCUT2D eigenvalue weighted by molar-refractivity contribution is 5.90. The van der Waals surface area contributed by atoms with Gasteiger partial charge in [-0.3, -0.25) is 9.59 Å². The SMILES string of the molecule is Cc1cc(C2C(=O)Oc3cc(C(C)(C)C)c(C(C)(C)C)cc32)cc(C)c1OC(=O)C(C)(C)C. The molecular weight excluding hydrogens is 412 g/mol. The molecule has 0 aliphatic carbocycles. The van der Waals surface area contributed by atoms with Crippen LogP contribution in [0, 0.1) is 19.3 Å². The van der Waals surface area contributed by atoms with Crippen LogP contribution >= 0.6 is 0 Å². The summed E-state index contributed by atoms with van der Waals surface area (Å²) in [5, 5.41) is 0. The summed E-state index contributed by atoms with van der Waals surface area (Å²) in [6, 6.07) is 8.08. The lowest BCUT2D eigenvalue weighted by atomic mass is 9.73. The number of fused-ring (bicyclic) bond motifs is 1. The van der Waals surface area contributed by atoms with E-state index < -0.39 is 11.3 Å². The van der Waals surface area contributed by atoms with E-state index in [9.17, 15) is 9.59 Å². The van der Waals surface area contributed by atoms with Crippen LogP contribution in [0.5, 0.6) is 11.5 Å². The Labute approximate surface area is 198 Å². The van der Waals surface area contributed by atoms with Crippen molar-refractivity contribution in [2.24, 2.45) is 5.41 Å². The minimum absolute atomic E-state index is 0.0755. The zero-order valence-corrected chi connectivity index (χ0v) is 22.0. The zero-order chi connectivity index (χ0) is 25.1. The number of rotatable bonds is 2. The summed E-state index contributed by atoms with van der Waals surface area (Å²) in [7, 11) is 0. The minimum atomic E-state index is -0.597. The molecule has 0 radical (unpaired) electrons. The van der Waals surface area contributed by atoms with Crippen molar-refractivity contribution in [1.29, 1.82) is 0 Å². The predicted octanol–water partition coefficient (Wildman–Crippen LogP) is 6.90. The van der Waals surface area contributed by atoms with Crippen LogP contribution in [-0.4, -0.2) is 11.9 Å². The Bertz CT molecular complexity index is 1100. The van der Waals surface area contributed by atoms with Crippen molar-refractivity contribution < 1.29 is 19.1 Å². The van der Waals surface area contributed by atoms with E-state index in [0.717, 1.165) is 22.3 Å². The molecule has 0 fully saturated rings. The second-order valence-electron chi connectivity index (χ2n) is 12.4. The minimum Gasteiger partial charge on any atom is -0.426 e. The summed E-state index contributed by atoms with van der Waals surface area (Å²) in [6.45, 7) is 22.5. The molecule has 0 amide bonds. The van der Waals surface area contributed by atoms with Crippen molar-refractivity contribution in [3.63, 3.8) is 0 Å². The molecule has 2 aromatic carbocycles. The molecule has 0 spiro atoms. The number of hydrogen-bond acceptors (Lipinski definition) is 4. The number of benzene rings is 2. The lowest BCUT2D eigenvalue weighted by Crippen LogP contribution is -2.26. The van der Waals surface area contributed by atoms with Gasteiger partial charge in [0.2, 0.25) is 0 Å². The maximum atomic E-state index is 13.1. The first-order chi connectivity index (χ1) is 14.9. The summed E-state index contributed by atoms with van der Waals surface area (Å²) in [4.78, 5) is 25.5. The number of hydrogen-bond donors (Lipinski definition) is 0. The van der Waals surface area contributed by atoms with Crippen LogP contribution in [0.4, 0.5) is 0 Å². The highest BCUT2D eigenvalue weighted by Gasteiger charge is 2.38. The molecule has 4 heteroatoms. The van der Waals surface area contributed by atoms with E-state index >= 15 is 0 Å². The molecule has 1 atom stereocenters. The molecule has 1 aliphatic rings. The average Bonchev–Trinajstić information content (AvgIpc) is 2.95. The van der Waals surface area contributed by atoms with E-state index in [1.54, 1.807) is 0 Å². The third-order valence-electron chi connectivity index (χ3n) is 6.15.